The first kappa shape index (κ1) is 28.4. The normalized spacial score (nSPS) is 18.1. The summed E-state index contributed by atoms with van der Waals surface area (Å²) in [6.45, 7) is 11.4. The number of nitrogens with two attached hydrogens (primary N) is 1. The van der Waals surface area contributed by atoms with Gasteiger partial charge >= 0.3 is 5.97 Å². The highest BCUT2D eigenvalue weighted by Crippen LogP contribution is 2.42. The van der Waals surface area contributed by atoms with Crippen LogP contribution in [0.2, 0.25) is 0 Å². The minimum Gasteiger partial charge on any atom is -0.494 e. The number of carbonyl (C=O) groups excluding carboxylic acids is 2. The molecule has 0 saturated carbocycles. The maximum absolute atomic E-state index is 12.9. The molecule has 214 valence electrons. The molecule has 3 heterocycles. The van der Waals surface area contributed by atoms with Gasteiger partial charge in [-0.25, -0.2) is 0 Å². The number of esters is 1. The Morgan fingerprint density at radius 3 is 2.65 bits per heavy atom. The SMILES string of the molecule is CC(N)C(=O)OCN1C(=O)CC(C)(C)c2ccc(OCCCCN3CCN(c4cccc5sccc45)CC3)cc21. The maximum atomic E-state index is 12.9. The summed E-state index contributed by atoms with van der Waals surface area (Å²) in [4.78, 5) is 31.4. The van der Waals surface area contributed by atoms with Crippen LogP contribution in [0.25, 0.3) is 10.1 Å². The molecule has 0 spiro atoms. The Labute approximate surface area is 240 Å². The number of hydrogen-bond donors (Lipinski definition) is 1. The first-order valence-corrected chi connectivity index (χ1v) is 15.0. The van der Waals surface area contributed by atoms with Crippen molar-refractivity contribution in [1.29, 1.82) is 0 Å². The van der Waals surface area contributed by atoms with Crippen LogP contribution in [0.4, 0.5) is 11.4 Å². The Hall–Kier alpha value is -3.14. The van der Waals surface area contributed by atoms with E-state index >= 15 is 0 Å². The molecule has 2 N–H and O–H groups in total. The molecule has 1 aromatic heterocycles. The molecule has 9 heteroatoms. The lowest BCUT2D eigenvalue weighted by molar-refractivity contribution is -0.145. The van der Waals surface area contributed by atoms with Gasteiger partial charge < -0.3 is 20.1 Å². The number of unbranched alkanes of at least 4 members (excludes halogenated alkanes) is 1. The zero-order valence-electron chi connectivity index (χ0n) is 23.7. The minimum atomic E-state index is -0.740. The van der Waals surface area contributed by atoms with Crippen LogP contribution in [-0.2, 0) is 19.7 Å². The molecule has 2 aromatic carbocycles. The molecule has 0 aliphatic carbocycles. The Morgan fingerprint density at radius 2 is 1.88 bits per heavy atom. The second-order valence-corrected chi connectivity index (χ2v) is 12.4. The van der Waals surface area contributed by atoms with Gasteiger partial charge in [-0.2, -0.15) is 0 Å². The van der Waals surface area contributed by atoms with Crippen LogP contribution in [-0.4, -0.2) is 68.9 Å². The molecular weight excluding hydrogens is 524 g/mol. The van der Waals surface area contributed by atoms with Crippen molar-refractivity contribution < 1.29 is 19.1 Å². The van der Waals surface area contributed by atoms with Crippen LogP contribution >= 0.6 is 11.3 Å². The van der Waals surface area contributed by atoms with Gasteiger partial charge in [0.15, 0.2) is 6.73 Å². The van der Waals surface area contributed by atoms with Gasteiger partial charge in [0, 0.05) is 59.9 Å². The van der Waals surface area contributed by atoms with Crippen molar-refractivity contribution in [1.82, 2.24) is 4.90 Å². The first-order valence-electron chi connectivity index (χ1n) is 14.2. The van der Waals surface area contributed by atoms with E-state index in [1.165, 1.54) is 20.7 Å². The summed E-state index contributed by atoms with van der Waals surface area (Å²) in [6, 6.07) is 14.0. The largest absolute Gasteiger partial charge is 0.494 e. The van der Waals surface area contributed by atoms with Gasteiger partial charge in [0.1, 0.15) is 11.8 Å². The fraction of sp³-hybridized carbons (Fsp3) is 0.484. The number of piperazine rings is 1. The van der Waals surface area contributed by atoms with Crippen LogP contribution < -0.4 is 20.3 Å². The molecule has 8 nitrogen and oxygen atoms in total. The van der Waals surface area contributed by atoms with Gasteiger partial charge in [-0.1, -0.05) is 26.0 Å². The Kier molecular flexibility index (Phi) is 8.63. The van der Waals surface area contributed by atoms with E-state index in [1.807, 2.05) is 18.2 Å². The quantitative estimate of drug-likeness (QED) is 0.281. The molecule has 0 bridgehead atoms. The number of amides is 1. The van der Waals surface area contributed by atoms with E-state index in [9.17, 15) is 9.59 Å². The Bertz CT molecular complexity index is 1350. The first-order chi connectivity index (χ1) is 19.2. The lowest BCUT2D eigenvalue weighted by Crippen LogP contribution is -2.46. The van der Waals surface area contributed by atoms with Crippen molar-refractivity contribution in [2.45, 2.75) is 51.5 Å². The molecule has 1 fully saturated rings. The number of fused-ring (bicyclic) bond motifs is 2. The number of benzene rings is 2. The van der Waals surface area contributed by atoms with Crippen LogP contribution in [0.5, 0.6) is 5.75 Å². The third-order valence-corrected chi connectivity index (χ3v) is 8.80. The summed E-state index contributed by atoms with van der Waals surface area (Å²) in [5.41, 5.74) is 8.42. The molecule has 5 rings (SSSR count). The van der Waals surface area contributed by atoms with Crippen LogP contribution in [0.15, 0.2) is 47.8 Å². The van der Waals surface area contributed by atoms with Gasteiger partial charge in [0.25, 0.3) is 0 Å². The predicted molar refractivity (Wildman–Crippen MR) is 161 cm³/mol. The van der Waals surface area contributed by atoms with Crippen LogP contribution in [0.1, 0.15) is 45.6 Å². The summed E-state index contributed by atoms with van der Waals surface area (Å²) in [7, 11) is 0. The second-order valence-electron chi connectivity index (χ2n) is 11.4. The van der Waals surface area contributed by atoms with E-state index in [1.54, 1.807) is 18.3 Å². The lowest BCUT2D eigenvalue weighted by atomic mass is 9.77. The van der Waals surface area contributed by atoms with Crippen molar-refractivity contribution in [2.75, 3.05) is 55.9 Å². The van der Waals surface area contributed by atoms with Crippen LogP contribution in [0.3, 0.4) is 0 Å². The van der Waals surface area contributed by atoms with Crippen molar-refractivity contribution in [3.05, 3.63) is 53.4 Å². The summed E-state index contributed by atoms with van der Waals surface area (Å²) in [5.74, 6) is 0.0936. The molecule has 1 atom stereocenters. The molecule has 0 radical (unpaired) electrons. The standard InChI is InChI=1S/C31H40N4O4S/c1-22(32)30(37)39-21-35-27-19-23(9-10-25(27)31(2,3)20-29(35)36)38-17-5-4-12-33-13-15-34(16-14-33)26-7-6-8-28-24(26)11-18-40-28/h6-11,18-19,22H,4-5,12-17,20-21,32H2,1-3H3. The number of thiophene rings is 1. The number of ether oxygens (including phenoxy) is 2. The Balaban J connectivity index is 1.10. The number of carbonyl (C=O) groups is 2. The summed E-state index contributed by atoms with van der Waals surface area (Å²) in [6.07, 6.45) is 2.36. The van der Waals surface area contributed by atoms with E-state index in [4.69, 9.17) is 15.2 Å². The van der Waals surface area contributed by atoms with E-state index in [0.29, 0.717) is 18.8 Å². The summed E-state index contributed by atoms with van der Waals surface area (Å²) in [5, 5.41) is 3.54. The molecule has 2 aliphatic rings. The molecular formula is C31H40N4O4S. The smallest absolute Gasteiger partial charge is 0.324 e. The van der Waals surface area contributed by atoms with Gasteiger partial charge in [0.2, 0.25) is 5.91 Å². The zero-order chi connectivity index (χ0) is 28.3. The second kappa shape index (κ2) is 12.2. The lowest BCUT2D eigenvalue weighted by Gasteiger charge is -2.38. The van der Waals surface area contributed by atoms with Crippen molar-refractivity contribution in [2.24, 2.45) is 5.73 Å². The minimum absolute atomic E-state index is 0.0841. The third-order valence-electron chi connectivity index (χ3n) is 7.91. The highest BCUT2D eigenvalue weighted by atomic mass is 32.1. The average molecular weight is 565 g/mol. The van der Waals surface area contributed by atoms with Gasteiger partial charge in [-0.05, 0) is 61.5 Å². The van der Waals surface area contributed by atoms with Crippen LogP contribution in [0, 0.1) is 0 Å². The van der Waals surface area contributed by atoms with Gasteiger partial charge in [-0.15, -0.1) is 11.3 Å². The molecule has 1 unspecified atom stereocenters. The highest BCUT2D eigenvalue weighted by Gasteiger charge is 2.37. The predicted octanol–water partition coefficient (Wildman–Crippen LogP) is 4.74. The Morgan fingerprint density at radius 1 is 1.07 bits per heavy atom. The zero-order valence-corrected chi connectivity index (χ0v) is 24.5. The van der Waals surface area contributed by atoms with E-state index < -0.39 is 12.0 Å². The van der Waals surface area contributed by atoms with E-state index in [-0.39, 0.29) is 18.1 Å². The fourth-order valence-electron chi connectivity index (χ4n) is 5.59. The fourth-order valence-corrected chi connectivity index (χ4v) is 6.40. The molecule has 1 amide bonds. The number of hydrogen-bond acceptors (Lipinski definition) is 8. The van der Waals surface area contributed by atoms with Crippen molar-refractivity contribution in [3.63, 3.8) is 0 Å². The molecule has 2 aliphatic heterocycles. The summed E-state index contributed by atoms with van der Waals surface area (Å²) < 4.78 is 12.7. The van der Waals surface area contributed by atoms with E-state index in [0.717, 1.165) is 56.8 Å². The molecule has 40 heavy (non-hydrogen) atoms. The number of nitrogens with zero attached hydrogens (tertiary/aromatic N) is 3. The number of rotatable bonds is 10. The molecule has 3 aromatic rings. The number of anilines is 2. The van der Waals surface area contributed by atoms with Gasteiger partial charge in [-0.3, -0.25) is 19.4 Å². The van der Waals surface area contributed by atoms with E-state index in [2.05, 4.69) is 53.3 Å². The van der Waals surface area contributed by atoms with Crippen molar-refractivity contribution >= 4 is 44.7 Å². The highest BCUT2D eigenvalue weighted by molar-refractivity contribution is 7.17. The third kappa shape index (κ3) is 6.27. The molecule has 1 saturated heterocycles. The topological polar surface area (TPSA) is 88.3 Å². The summed E-state index contributed by atoms with van der Waals surface area (Å²) >= 11 is 1.80. The van der Waals surface area contributed by atoms with Crippen molar-refractivity contribution in [3.8, 4) is 5.75 Å². The maximum Gasteiger partial charge on any atom is 0.324 e. The average Bonchev–Trinajstić information content (AvgIpc) is 3.42. The monoisotopic (exact) mass is 564 g/mol. The van der Waals surface area contributed by atoms with Gasteiger partial charge in [0.05, 0.1) is 12.3 Å².